The summed E-state index contributed by atoms with van der Waals surface area (Å²) in [6.45, 7) is 5.05. The van der Waals surface area contributed by atoms with Gasteiger partial charge in [0, 0.05) is 6.54 Å². The zero-order chi connectivity index (χ0) is 25.4. The smallest absolute Gasteiger partial charge is 0.275 e. The lowest BCUT2D eigenvalue weighted by atomic mass is 9.88. The summed E-state index contributed by atoms with van der Waals surface area (Å²) in [5, 5.41) is 2.16. The van der Waals surface area contributed by atoms with Gasteiger partial charge in [0.2, 0.25) is 6.86 Å². The Labute approximate surface area is 204 Å². The first-order valence-corrected chi connectivity index (χ1v) is 13.0. The van der Waals surface area contributed by atoms with Crippen LogP contribution in [0.4, 0.5) is 14.6 Å². The van der Waals surface area contributed by atoms with Crippen LogP contribution in [0.2, 0.25) is 0 Å². The molecule has 190 valence electrons. The molecule has 2 aliphatic heterocycles. The molecular weight excluding hydrogens is 478 g/mol. The summed E-state index contributed by atoms with van der Waals surface area (Å²) < 4.78 is 46.7. The molecule has 4 heterocycles. The van der Waals surface area contributed by atoms with Crippen LogP contribution in [0.25, 0.3) is 0 Å². The Hall–Kier alpha value is -2.83. The number of anilines is 1. The van der Waals surface area contributed by atoms with Gasteiger partial charge >= 0.3 is 0 Å². The number of nitrogens with one attached hydrogen (secondary N) is 2. The minimum atomic E-state index is -2.55. The van der Waals surface area contributed by atoms with E-state index in [1.807, 2.05) is 13.8 Å². The van der Waals surface area contributed by atoms with Gasteiger partial charge in [0.25, 0.3) is 5.91 Å². The molecule has 0 bridgehead atoms. The molecule has 0 spiro atoms. The number of aliphatic imine (C=N–C) groups is 1. The van der Waals surface area contributed by atoms with E-state index in [2.05, 4.69) is 24.7 Å². The van der Waals surface area contributed by atoms with Crippen molar-refractivity contribution in [1.29, 1.82) is 0 Å². The van der Waals surface area contributed by atoms with E-state index in [1.54, 1.807) is 6.92 Å². The summed E-state index contributed by atoms with van der Waals surface area (Å²) >= 11 is 0. The number of halogens is 2. The topological polar surface area (TPSA) is 135 Å². The Bertz CT molecular complexity index is 1150. The van der Waals surface area contributed by atoms with Gasteiger partial charge < -0.3 is 20.3 Å². The molecule has 3 atom stereocenters. The maximum absolute atomic E-state index is 15.2. The number of carbonyl (C=O) groups excluding carboxylic acids is 1. The number of rotatable bonds is 5. The van der Waals surface area contributed by atoms with Gasteiger partial charge in [0.1, 0.15) is 40.1 Å². The van der Waals surface area contributed by atoms with Crippen LogP contribution in [-0.4, -0.2) is 49.7 Å². The van der Waals surface area contributed by atoms with Gasteiger partial charge in [-0.1, -0.05) is 16.9 Å². The number of fused-ring (bicyclic) bond motifs is 1. The summed E-state index contributed by atoms with van der Waals surface area (Å²) in [5.74, 6) is -0.700. The highest BCUT2D eigenvalue weighted by molar-refractivity contribution is 8.29. The molecule has 9 nitrogen and oxygen atoms in total. The average Bonchev–Trinajstić information content (AvgIpc) is 3.03. The predicted molar refractivity (Wildman–Crippen MR) is 132 cm³/mol. The standard InChI is InChI=1S/C23H30F2N6O3S/c1-22(2)21(26)31-23(3,17-6-4-5-11-28-35(17,22)33)19-15(25)8-10-18(29-19)30-20(32)16-9-7-14(12-27-16)34-13-24/h7-10,12,17,28,33H,4-6,11,13H2,1-3H3,(H2,26,31)(H,29,30,32)/t17-,23+/m1/s1. The molecule has 5 N–H and O–H groups in total. The summed E-state index contributed by atoms with van der Waals surface area (Å²) in [4.78, 5) is 25.8. The Balaban J connectivity index is 1.70. The van der Waals surface area contributed by atoms with Crippen molar-refractivity contribution in [2.24, 2.45) is 10.7 Å². The van der Waals surface area contributed by atoms with E-state index in [4.69, 9.17) is 10.7 Å². The second-order valence-electron chi connectivity index (χ2n) is 9.27. The van der Waals surface area contributed by atoms with Crippen LogP contribution in [0.5, 0.6) is 5.75 Å². The molecule has 1 saturated heterocycles. The first-order valence-electron chi connectivity index (χ1n) is 11.3. The third-order valence-electron chi connectivity index (χ3n) is 6.76. The zero-order valence-electron chi connectivity index (χ0n) is 19.8. The lowest BCUT2D eigenvalue weighted by Crippen LogP contribution is -2.60. The number of hydrogen-bond acceptors (Lipinski definition) is 8. The van der Waals surface area contributed by atoms with Crippen molar-refractivity contribution in [3.63, 3.8) is 0 Å². The molecule has 0 unspecified atom stereocenters. The van der Waals surface area contributed by atoms with Crippen LogP contribution in [-0.2, 0) is 5.54 Å². The third kappa shape index (κ3) is 4.34. The first kappa shape index (κ1) is 25.3. The molecule has 12 heteroatoms. The fourth-order valence-electron chi connectivity index (χ4n) is 4.63. The highest BCUT2D eigenvalue weighted by Crippen LogP contribution is 2.66. The fraction of sp³-hybridized carbons (Fsp3) is 0.478. The number of ether oxygens (including phenoxy) is 1. The number of hydrogen-bond donors (Lipinski definition) is 4. The molecule has 0 radical (unpaired) electrons. The normalized spacial score (nSPS) is 27.8. The van der Waals surface area contributed by atoms with Gasteiger partial charge in [-0.2, -0.15) is 0 Å². The van der Waals surface area contributed by atoms with Gasteiger partial charge in [0.15, 0.2) is 0 Å². The Morgan fingerprint density at radius 3 is 2.77 bits per heavy atom. The molecule has 0 saturated carbocycles. The second-order valence-corrected chi connectivity index (χ2v) is 12.4. The molecule has 4 rings (SSSR count). The van der Waals surface area contributed by atoms with Crippen molar-refractivity contribution >= 4 is 28.1 Å². The van der Waals surface area contributed by atoms with Gasteiger partial charge in [-0.3, -0.25) is 14.5 Å². The van der Waals surface area contributed by atoms with Crippen molar-refractivity contribution in [3.05, 3.63) is 47.7 Å². The number of amides is 1. The van der Waals surface area contributed by atoms with Crippen LogP contribution in [0, 0.1) is 5.82 Å². The van der Waals surface area contributed by atoms with E-state index >= 15 is 4.39 Å². The lowest BCUT2D eigenvalue weighted by Gasteiger charge is -2.58. The summed E-state index contributed by atoms with van der Waals surface area (Å²) in [6.07, 6.45) is 3.54. The Morgan fingerprint density at radius 2 is 2.09 bits per heavy atom. The Morgan fingerprint density at radius 1 is 1.31 bits per heavy atom. The number of alkyl halides is 1. The summed E-state index contributed by atoms with van der Waals surface area (Å²) in [6, 6.07) is 5.33. The van der Waals surface area contributed by atoms with Gasteiger partial charge in [-0.25, -0.2) is 18.7 Å². The monoisotopic (exact) mass is 508 g/mol. The van der Waals surface area contributed by atoms with Gasteiger partial charge in [0.05, 0.1) is 16.2 Å². The predicted octanol–water partition coefficient (Wildman–Crippen LogP) is 3.87. The van der Waals surface area contributed by atoms with E-state index in [9.17, 15) is 13.7 Å². The van der Waals surface area contributed by atoms with Crippen molar-refractivity contribution in [2.75, 3.05) is 18.7 Å². The highest BCUT2D eigenvalue weighted by atomic mass is 32.3. The quantitative estimate of drug-likeness (QED) is 0.481. The number of amidine groups is 1. The van der Waals surface area contributed by atoms with Gasteiger partial charge in [-0.15, -0.1) is 0 Å². The minimum absolute atomic E-state index is 0.00646. The lowest BCUT2D eigenvalue weighted by molar-refractivity contribution is 0.102. The summed E-state index contributed by atoms with van der Waals surface area (Å²) in [7, 11) is -2.55. The number of carbonyl (C=O) groups is 1. The van der Waals surface area contributed by atoms with Crippen molar-refractivity contribution in [1.82, 2.24) is 14.7 Å². The van der Waals surface area contributed by atoms with Crippen molar-refractivity contribution in [2.45, 2.75) is 55.6 Å². The van der Waals surface area contributed by atoms with Crippen LogP contribution in [0.3, 0.4) is 0 Å². The molecule has 2 aromatic heterocycles. The molecule has 1 amide bonds. The van der Waals surface area contributed by atoms with E-state index in [-0.39, 0.29) is 28.8 Å². The first-order chi connectivity index (χ1) is 16.5. The van der Waals surface area contributed by atoms with Gasteiger partial charge in [-0.05, 0) is 57.9 Å². The third-order valence-corrected chi connectivity index (χ3v) is 10.7. The largest absolute Gasteiger partial charge is 0.461 e. The van der Waals surface area contributed by atoms with E-state index in [0.29, 0.717) is 13.0 Å². The molecule has 2 aromatic rings. The van der Waals surface area contributed by atoms with Crippen LogP contribution in [0.1, 0.15) is 56.2 Å². The van der Waals surface area contributed by atoms with Crippen LogP contribution < -0.4 is 20.5 Å². The maximum atomic E-state index is 15.2. The van der Waals surface area contributed by atoms with Crippen LogP contribution in [0.15, 0.2) is 35.5 Å². The van der Waals surface area contributed by atoms with E-state index < -0.39 is 44.6 Å². The SMILES string of the molecule is CC1(C)C(N)=N[C@](C)(c2nc(NC(=O)c3ccc(OCF)cn3)ccc2F)[C@H]2CCCCN[S@@]21O. The number of nitrogens with two attached hydrogens (primary N) is 1. The molecule has 1 fully saturated rings. The molecular formula is C23H30F2N6O3S. The number of pyridine rings is 2. The highest BCUT2D eigenvalue weighted by Gasteiger charge is 2.59. The molecule has 2 aliphatic rings. The van der Waals surface area contributed by atoms with Crippen molar-refractivity contribution < 1.29 is 22.9 Å². The van der Waals surface area contributed by atoms with E-state index in [0.717, 1.165) is 12.8 Å². The molecule has 0 aromatic carbocycles. The minimum Gasteiger partial charge on any atom is -0.461 e. The average molecular weight is 509 g/mol. The molecule has 0 aliphatic carbocycles. The van der Waals surface area contributed by atoms with Crippen molar-refractivity contribution in [3.8, 4) is 5.75 Å². The summed E-state index contributed by atoms with van der Waals surface area (Å²) in [5.41, 5.74) is 5.14. The Kier molecular flexibility index (Phi) is 6.73. The fourth-order valence-corrected chi connectivity index (χ4v) is 8.06. The number of nitrogens with zero attached hydrogens (tertiary/aromatic N) is 3. The van der Waals surface area contributed by atoms with E-state index in [1.165, 1.54) is 30.5 Å². The zero-order valence-corrected chi connectivity index (χ0v) is 20.7. The molecule has 35 heavy (non-hydrogen) atoms. The number of aromatic nitrogens is 2. The van der Waals surface area contributed by atoms with Crippen LogP contribution >= 0.6 is 10.5 Å². The maximum Gasteiger partial charge on any atom is 0.275 e. The second kappa shape index (κ2) is 9.32.